The lowest BCUT2D eigenvalue weighted by atomic mass is 10.2. The van der Waals surface area contributed by atoms with Gasteiger partial charge < -0.3 is 33.1 Å². The first kappa shape index (κ1) is 21.6. The molecular weight excluding hydrogens is 424 g/mol. The smallest absolute Gasteiger partial charge is 0.393 e. The molecule has 3 aromatic rings. The highest BCUT2D eigenvalue weighted by molar-refractivity contribution is 7.39. The summed E-state index contributed by atoms with van der Waals surface area (Å²) in [6, 6.07) is 19.8. The van der Waals surface area contributed by atoms with Crippen molar-refractivity contribution < 1.29 is 32.6 Å². The number of hydrogen-bond donors (Lipinski definition) is 2. The van der Waals surface area contributed by atoms with E-state index in [9.17, 15) is 4.39 Å². The van der Waals surface area contributed by atoms with E-state index in [1.54, 1.807) is 6.07 Å². The highest BCUT2D eigenvalue weighted by Crippen LogP contribution is 2.32. The van der Waals surface area contributed by atoms with Gasteiger partial charge in [-0.3, -0.25) is 0 Å². The molecule has 9 heteroatoms. The van der Waals surface area contributed by atoms with Crippen LogP contribution in [0.1, 0.15) is 12.2 Å². The predicted molar refractivity (Wildman–Crippen MR) is 114 cm³/mol. The molecule has 2 N–H and O–H groups in total. The van der Waals surface area contributed by atoms with Gasteiger partial charge in [-0.15, -0.1) is 0 Å². The number of hydrogen-bond acceptors (Lipinski definition) is 7. The molecule has 7 nitrogen and oxygen atoms in total. The molecule has 4 rings (SSSR count). The lowest BCUT2D eigenvalue weighted by Crippen LogP contribution is -2.37. The van der Waals surface area contributed by atoms with Crippen molar-refractivity contribution in [1.29, 1.82) is 0 Å². The maximum Gasteiger partial charge on any atom is 0.393 e. The molecule has 0 radical (unpaired) electrons. The van der Waals surface area contributed by atoms with Crippen molar-refractivity contribution in [3.05, 3.63) is 72.5 Å². The quantitative estimate of drug-likeness (QED) is 0.456. The lowest BCUT2D eigenvalue weighted by Gasteiger charge is -2.27. The summed E-state index contributed by atoms with van der Waals surface area (Å²) in [7, 11) is -2.54. The van der Waals surface area contributed by atoms with E-state index in [1.165, 1.54) is 6.07 Å². The van der Waals surface area contributed by atoms with Gasteiger partial charge in [-0.25, -0.2) is 4.39 Å². The summed E-state index contributed by atoms with van der Waals surface area (Å²) in [6.07, 6.45) is -0.561. The molecule has 2 heterocycles. The van der Waals surface area contributed by atoms with Crippen LogP contribution in [0.4, 0.5) is 10.1 Å². The van der Waals surface area contributed by atoms with Crippen LogP contribution in [0.2, 0.25) is 0 Å². The molecule has 2 atom stereocenters. The first-order chi connectivity index (χ1) is 15.1. The average molecular weight is 447 g/mol. The first-order valence-corrected chi connectivity index (χ1v) is 11.0. The Morgan fingerprint density at radius 1 is 1.00 bits per heavy atom. The molecule has 1 aromatic heterocycles. The normalized spacial score (nSPS) is 18.5. The lowest BCUT2D eigenvalue weighted by molar-refractivity contribution is 0.0783. The number of benzene rings is 2. The van der Waals surface area contributed by atoms with Gasteiger partial charge in [-0.1, -0.05) is 18.2 Å². The number of alkyl halides is 1. The van der Waals surface area contributed by atoms with Crippen molar-refractivity contribution in [2.24, 2.45) is 0 Å². The summed E-state index contributed by atoms with van der Waals surface area (Å²) in [5.74, 6) is 1.92. The Morgan fingerprint density at radius 3 is 2.48 bits per heavy atom. The second-order valence-corrected chi connectivity index (χ2v) is 7.74. The number of ether oxygens (including phenoxy) is 2. The van der Waals surface area contributed by atoms with Gasteiger partial charge in [0.1, 0.15) is 30.0 Å². The largest absolute Gasteiger partial charge is 0.457 e. The zero-order valence-corrected chi connectivity index (χ0v) is 17.5. The molecule has 0 bridgehead atoms. The molecule has 2 aromatic carbocycles. The maximum atomic E-state index is 14.5. The second-order valence-electron chi connectivity index (χ2n) is 7.05. The van der Waals surface area contributed by atoms with Crippen molar-refractivity contribution in [2.45, 2.75) is 25.2 Å². The fourth-order valence-corrected chi connectivity index (χ4v) is 3.77. The highest BCUT2D eigenvalue weighted by atomic mass is 31.2. The summed E-state index contributed by atoms with van der Waals surface area (Å²) >= 11 is 0. The van der Waals surface area contributed by atoms with Gasteiger partial charge in [0.2, 0.25) is 0 Å². The molecule has 31 heavy (non-hydrogen) atoms. The summed E-state index contributed by atoms with van der Waals surface area (Å²) in [5, 5.41) is 0. The monoisotopic (exact) mass is 447 g/mol. The zero-order chi connectivity index (χ0) is 21.6. The Kier molecular flexibility index (Phi) is 7.04. The Hall–Kier alpha value is -2.64. The molecule has 0 spiro atoms. The van der Waals surface area contributed by atoms with E-state index in [0.717, 1.165) is 11.4 Å². The third-order valence-electron chi connectivity index (χ3n) is 4.95. The second kappa shape index (κ2) is 10.1. The van der Waals surface area contributed by atoms with Crippen LogP contribution < -0.4 is 14.2 Å². The fourth-order valence-electron chi connectivity index (χ4n) is 3.51. The van der Waals surface area contributed by atoms with Gasteiger partial charge in [0, 0.05) is 18.3 Å². The first-order valence-electron chi connectivity index (χ1n) is 9.84. The molecule has 0 amide bonds. The van der Waals surface area contributed by atoms with E-state index in [2.05, 4.69) is 4.52 Å². The van der Waals surface area contributed by atoms with E-state index in [1.807, 2.05) is 59.5 Å². The van der Waals surface area contributed by atoms with Crippen molar-refractivity contribution in [1.82, 2.24) is 0 Å². The van der Waals surface area contributed by atoms with Gasteiger partial charge in [0.05, 0.1) is 12.6 Å². The van der Waals surface area contributed by atoms with Crippen molar-refractivity contribution in [3.8, 4) is 17.4 Å². The number of rotatable bonds is 9. The molecule has 164 valence electrons. The van der Waals surface area contributed by atoms with Crippen molar-refractivity contribution in [2.75, 3.05) is 18.1 Å². The molecule has 1 aliphatic heterocycles. The highest BCUT2D eigenvalue weighted by Gasteiger charge is 2.34. The van der Waals surface area contributed by atoms with Crippen LogP contribution in [0.5, 0.6) is 17.4 Å². The Balaban J connectivity index is 1.33. The number of para-hydroxylation sites is 1. The third-order valence-corrected chi connectivity index (χ3v) is 5.30. The molecular formula is C22H23FNO6P. The van der Waals surface area contributed by atoms with E-state index in [0.29, 0.717) is 24.5 Å². The Labute approximate surface area is 180 Å². The number of anilines is 1. The van der Waals surface area contributed by atoms with Crippen LogP contribution in [0.25, 0.3) is 0 Å². The van der Waals surface area contributed by atoms with E-state index in [4.69, 9.17) is 23.7 Å². The number of halogens is 1. The molecule has 1 fully saturated rings. The zero-order valence-electron chi connectivity index (χ0n) is 16.6. The van der Waals surface area contributed by atoms with Crippen LogP contribution in [0.15, 0.2) is 71.1 Å². The van der Waals surface area contributed by atoms with Crippen LogP contribution >= 0.6 is 8.60 Å². The van der Waals surface area contributed by atoms with Gasteiger partial charge in [-0.2, -0.15) is 0 Å². The SMILES string of the molecule is OP(O)Oc1ccc(COCC2C(F)CCN2c2ccc(Oc3ccccc3)cc2)o1. The van der Waals surface area contributed by atoms with Crippen LogP contribution in [-0.2, 0) is 11.3 Å². The molecule has 2 unspecified atom stereocenters. The minimum absolute atomic E-state index is 0.00150. The van der Waals surface area contributed by atoms with Crippen LogP contribution in [-0.4, -0.2) is 35.2 Å². The van der Waals surface area contributed by atoms with Crippen LogP contribution in [0, 0.1) is 0 Å². The Bertz CT molecular complexity index is 952. The summed E-state index contributed by atoms with van der Waals surface area (Å²) in [6.45, 7) is 0.912. The molecule has 0 saturated carbocycles. The predicted octanol–water partition coefficient (Wildman–Crippen LogP) is 4.80. The molecule has 1 saturated heterocycles. The van der Waals surface area contributed by atoms with E-state index >= 15 is 0 Å². The minimum Gasteiger partial charge on any atom is -0.457 e. The Morgan fingerprint density at radius 2 is 1.74 bits per heavy atom. The van der Waals surface area contributed by atoms with Crippen molar-refractivity contribution in [3.63, 3.8) is 0 Å². The number of nitrogens with zero attached hydrogens (tertiary/aromatic N) is 1. The van der Waals surface area contributed by atoms with Gasteiger partial charge in [0.25, 0.3) is 5.95 Å². The summed E-state index contributed by atoms with van der Waals surface area (Å²) in [5.41, 5.74) is 0.905. The number of furan rings is 1. The molecule has 1 aliphatic rings. The molecule has 0 aliphatic carbocycles. The van der Waals surface area contributed by atoms with E-state index in [-0.39, 0.29) is 19.2 Å². The standard InChI is InChI=1S/C22H23FNO6P/c23-20-12-13-24(16-6-8-18(9-7-16)28-17-4-2-1-3-5-17)21(20)15-27-14-19-10-11-22(29-19)30-31(25)26/h1-11,20-21,25-26H,12-15H2. The van der Waals surface area contributed by atoms with Gasteiger partial charge in [-0.05, 0) is 48.9 Å². The van der Waals surface area contributed by atoms with Gasteiger partial charge >= 0.3 is 8.60 Å². The summed E-state index contributed by atoms with van der Waals surface area (Å²) in [4.78, 5) is 19.7. The van der Waals surface area contributed by atoms with E-state index < -0.39 is 20.8 Å². The topological polar surface area (TPSA) is 84.5 Å². The third kappa shape index (κ3) is 5.74. The van der Waals surface area contributed by atoms with Crippen molar-refractivity contribution >= 4 is 14.3 Å². The fraction of sp³-hybridized carbons (Fsp3) is 0.273. The van der Waals surface area contributed by atoms with Gasteiger partial charge in [0.15, 0.2) is 0 Å². The summed E-state index contributed by atoms with van der Waals surface area (Å²) < 4.78 is 36.0. The minimum atomic E-state index is -2.54. The average Bonchev–Trinajstić information content (AvgIpc) is 3.35. The van der Waals surface area contributed by atoms with Crippen LogP contribution in [0.3, 0.4) is 0 Å². The maximum absolute atomic E-state index is 14.5.